The molecule has 1 aliphatic heterocycles. The number of thiazole rings is 1. The van der Waals surface area contributed by atoms with Crippen molar-refractivity contribution in [1.29, 1.82) is 0 Å². The van der Waals surface area contributed by atoms with Crippen molar-refractivity contribution in [2.24, 2.45) is 10.8 Å². The lowest BCUT2D eigenvalue weighted by Gasteiger charge is -2.25. The van der Waals surface area contributed by atoms with Crippen molar-refractivity contribution in [2.45, 2.75) is 44.7 Å². The third-order valence-electron chi connectivity index (χ3n) is 5.04. The van der Waals surface area contributed by atoms with Crippen molar-refractivity contribution in [1.82, 2.24) is 20.6 Å². The zero-order valence-corrected chi connectivity index (χ0v) is 17.7. The summed E-state index contributed by atoms with van der Waals surface area (Å²) in [5.41, 5.74) is 3.09. The summed E-state index contributed by atoms with van der Waals surface area (Å²) in [6, 6.07) is 6.27. The number of carbonyl (C=O) groups excluding carboxylic acids is 3. The first kappa shape index (κ1) is 21.8. The molecule has 0 bridgehead atoms. The van der Waals surface area contributed by atoms with Gasteiger partial charge in [-0.2, -0.15) is 0 Å². The summed E-state index contributed by atoms with van der Waals surface area (Å²) in [7, 11) is 0. The van der Waals surface area contributed by atoms with Gasteiger partial charge in [-0.3, -0.25) is 19.4 Å². The molecule has 2 amide bonds. The molecule has 0 aliphatic carbocycles. The summed E-state index contributed by atoms with van der Waals surface area (Å²) >= 11 is 1.31. The van der Waals surface area contributed by atoms with Gasteiger partial charge in [-0.25, -0.2) is 10.8 Å². The van der Waals surface area contributed by atoms with Crippen LogP contribution in [0.25, 0.3) is 10.2 Å². The summed E-state index contributed by atoms with van der Waals surface area (Å²) in [6.45, 7) is 2.48. The van der Waals surface area contributed by atoms with Crippen LogP contribution in [-0.4, -0.2) is 59.0 Å². The fraction of sp³-hybridized carbons (Fsp3) is 0.450. The van der Waals surface area contributed by atoms with E-state index >= 15 is 0 Å². The highest BCUT2D eigenvalue weighted by Gasteiger charge is 2.35. The van der Waals surface area contributed by atoms with Gasteiger partial charge in [-0.05, 0) is 37.8 Å². The maximum atomic E-state index is 13.2. The molecule has 2 aromatic rings. The Morgan fingerprint density at radius 2 is 2.20 bits per heavy atom. The van der Waals surface area contributed by atoms with Crippen LogP contribution in [0.15, 0.2) is 29.3 Å². The van der Waals surface area contributed by atoms with E-state index in [1.807, 2.05) is 24.3 Å². The van der Waals surface area contributed by atoms with Crippen molar-refractivity contribution >= 4 is 45.5 Å². The molecular weight excluding hydrogens is 404 g/mol. The van der Waals surface area contributed by atoms with Gasteiger partial charge >= 0.3 is 0 Å². The average molecular weight is 431 g/mol. The predicted octanol–water partition coefficient (Wildman–Crippen LogP) is 1.25. The van der Waals surface area contributed by atoms with Crippen LogP contribution in [0.2, 0.25) is 0 Å². The number of likely N-dealkylation sites (tertiary alicyclic amines) is 1. The lowest BCUT2D eigenvalue weighted by Crippen LogP contribution is -2.50. The number of nitrogens with one attached hydrogen (secondary N) is 2. The van der Waals surface area contributed by atoms with Gasteiger partial charge in [-0.1, -0.05) is 12.1 Å². The normalized spacial score (nSPS) is 17.4. The van der Waals surface area contributed by atoms with Gasteiger partial charge in [0.2, 0.25) is 17.6 Å². The minimum Gasteiger partial charge on any atom is -0.344 e. The number of para-hydroxylation sites is 1. The fourth-order valence-electron chi connectivity index (χ4n) is 3.58. The van der Waals surface area contributed by atoms with Gasteiger partial charge in [0.05, 0.1) is 22.6 Å². The molecule has 1 saturated heterocycles. The van der Waals surface area contributed by atoms with Crippen LogP contribution >= 0.6 is 11.3 Å². The monoisotopic (exact) mass is 430 g/mol. The average Bonchev–Trinajstić information content (AvgIpc) is 3.39. The zero-order valence-electron chi connectivity index (χ0n) is 16.8. The van der Waals surface area contributed by atoms with Crippen molar-refractivity contribution in [3.05, 3.63) is 29.3 Å². The summed E-state index contributed by atoms with van der Waals surface area (Å²) in [4.78, 5) is 47.9. The van der Waals surface area contributed by atoms with Crippen molar-refractivity contribution in [3.8, 4) is 0 Å². The van der Waals surface area contributed by atoms with Crippen LogP contribution in [0.1, 0.15) is 42.4 Å². The van der Waals surface area contributed by atoms with E-state index in [1.165, 1.54) is 24.6 Å². The molecule has 1 aliphatic rings. The number of nitrogens with zero attached hydrogens (tertiary/aromatic N) is 3. The number of Topliss-reactive ketones (excluding diaryl/α,β-unsaturated/α-hetero) is 1. The topological polar surface area (TPSA) is 130 Å². The van der Waals surface area contributed by atoms with Crippen LogP contribution in [0.3, 0.4) is 0 Å². The second-order valence-corrected chi connectivity index (χ2v) is 8.16. The molecule has 0 radical (unpaired) electrons. The van der Waals surface area contributed by atoms with E-state index in [9.17, 15) is 14.4 Å². The summed E-state index contributed by atoms with van der Waals surface area (Å²) in [5, 5.41) is 3.23. The number of benzene rings is 1. The third-order valence-corrected chi connectivity index (χ3v) is 6.09. The summed E-state index contributed by atoms with van der Waals surface area (Å²) < 4.78 is 0.920. The molecule has 0 spiro atoms. The molecule has 9 nitrogen and oxygen atoms in total. The quantitative estimate of drug-likeness (QED) is 0.137. The maximum Gasteiger partial charge on any atom is 0.243 e. The Morgan fingerprint density at radius 3 is 2.93 bits per heavy atom. The SMILES string of the molecule is CC(=O)N1CCC[C@H]1C(=O)NC(CCCN=CNN)C(=O)c1nc2ccccc2s1. The Bertz CT molecular complexity index is 911. The highest BCUT2D eigenvalue weighted by molar-refractivity contribution is 7.20. The molecule has 0 saturated carbocycles. The van der Waals surface area contributed by atoms with Crippen LogP contribution in [-0.2, 0) is 9.59 Å². The molecule has 1 aromatic carbocycles. The van der Waals surface area contributed by atoms with E-state index < -0.39 is 12.1 Å². The van der Waals surface area contributed by atoms with Crippen LogP contribution in [0.5, 0.6) is 0 Å². The molecular formula is C20H26N6O3S. The number of aromatic nitrogens is 1. The number of hydrazine groups is 1. The largest absolute Gasteiger partial charge is 0.344 e. The fourth-order valence-corrected chi connectivity index (χ4v) is 4.54. The highest BCUT2D eigenvalue weighted by atomic mass is 32.1. The van der Waals surface area contributed by atoms with E-state index in [4.69, 9.17) is 5.84 Å². The van der Waals surface area contributed by atoms with Gasteiger partial charge < -0.3 is 15.6 Å². The highest BCUT2D eigenvalue weighted by Crippen LogP contribution is 2.24. The molecule has 2 heterocycles. The van der Waals surface area contributed by atoms with Crippen molar-refractivity contribution in [3.63, 3.8) is 0 Å². The predicted molar refractivity (Wildman–Crippen MR) is 116 cm³/mol. The molecule has 4 N–H and O–H groups in total. The molecule has 1 unspecified atom stereocenters. The molecule has 3 rings (SSSR count). The van der Waals surface area contributed by atoms with Gasteiger partial charge in [-0.15, -0.1) is 11.3 Å². The standard InChI is InChI=1S/C20H26N6O3S/c1-13(27)26-11-5-8-16(26)19(29)24-15(7-4-10-22-12-23-21)18(28)20-25-14-6-2-3-9-17(14)30-20/h2-3,6,9,12,15-16H,4-5,7-8,10-11,21H2,1H3,(H,22,23)(H,24,29)/t15?,16-/m0/s1. The Labute approximate surface area is 178 Å². The third kappa shape index (κ3) is 5.19. The smallest absolute Gasteiger partial charge is 0.243 e. The second-order valence-electron chi connectivity index (χ2n) is 7.13. The van der Waals surface area contributed by atoms with Crippen LogP contribution in [0.4, 0.5) is 0 Å². The molecule has 30 heavy (non-hydrogen) atoms. The molecule has 1 fully saturated rings. The van der Waals surface area contributed by atoms with Gasteiger partial charge in [0.25, 0.3) is 0 Å². The van der Waals surface area contributed by atoms with E-state index in [1.54, 1.807) is 4.90 Å². The second kappa shape index (κ2) is 10.3. The minimum absolute atomic E-state index is 0.134. The van der Waals surface area contributed by atoms with Crippen LogP contribution < -0.4 is 16.6 Å². The van der Waals surface area contributed by atoms with E-state index in [-0.39, 0.29) is 17.6 Å². The first-order valence-corrected chi connectivity index (χ1v) is 10.7. The number of carbonyl (C=O) groups is 3. The lowest BCUT2D eigenvalue weighted by atomic mass is 10.1. The summed E-state index contributed by atoms with van der Waals surface area (Å²) in [6.07, 6.45) is 3.75. The van der Waals surface area contributed by atoms with E-state index in [0.717, 1.165) is 16.6 Å². The molecule has 2 atom stereocenters. The Kier molecular flexibility index (Phi) is 7.47. The molecule has 160 valence electrons. The number of nitrogens with two attached hydrogens (primary N) is 1. The van der Waals surface area contributed by atoms with Gasteiger partial charge in [0.15, 0.2) is 5.01 Å². The first-order valence-electron chi connectivity index (χ1n) is 9.93. The first-order chi connectivity index (χ1) is 14.5. The number of aliphatic imine (C=N–C) groups is 1. The van der Waals surface area contributed by atoms with E-state index in [0.29, 0.717) is 37.4 Å². The Hall–Kier alpha value is -2.85. The lowest BCUT2D eigenvalue weighted by molar-refractivity contribution is -0.137. The molecule has 1 aromatic heterocycles. The number of amides is 2. The minimum atomic E-state index is -0.728. The van der Waals surface area contributed by atoms with Crippen LogP contribution in [0, 0.1) is 0 Å². The van der Waals surface area contributed by atoms with Gasteiger partial charge in [0.1, 0.15) is 6.04 Å². The number of ketones is 1. The number of fused-ring (bicyclic) bond motifs is 1. The number of hydrogen-bond donors (Lipinski definition) is 3. The van der Waals surface area contributed by atoms with Crippen molar-refractivity contribution < 1.29 is 14.4 Å². The van der Waals surface area contributed by atoms with E-state index in [2.05, 4.69) is 20.7 Å². The molecule has 10 heteroatoms. The van der Waals surface area contributed by atoms with Gasteiger partial charge in [0, 0.05) is 20.0 Å². The number of hydrogen-bond acceptors (Lipinski definition) is 7. The Balaban J connectivity index is 1.75. The zero-order chi connectivity index (χ0) is 21.5. The summed E-state index contributed by atoms with van der Waals surface area (Å²) in [5.74, 6) is 4.50. The maximum absolute atomic E-state index is 13.2. The number of rotatable bonds is 9. The Morgan fingerprint density at radius 1 is 1.40 bits per heavy atom. The van der Waals surface area contributed by atoms with Crippen molar-refractivity contribution in [2.75, 3.05) is 13.1 Å².